The smallest absolute Gasteiger partial charge is 0.230 e. The van der Waals surface area contributed by atoms with Crippen LogP contribution in [0.15, 0.2) is 12.2 Å². The summed E-state index contributed by atoms with van der Waals surface area (Å²) < 4.78 is 0. The Morgan fingerprint density at radius 2 is 2.26 bits per heavy atom. The highest BCUT2D eigenvalue weighted by atomic mass is 16.3. The van der Waals surface area contributed by atoms with Crippen molar-refractivity contribution in [3.63, 3.8) is 0 Å². The van der Waals surface area contributed by atoms with Crippen molar-refractivity contribution in [2.75, 3.05) is 0 Å². The van der Waals surface area contributed by atoms with Crippen LogP contribution in [0.3, 0.4) is 0 Å². The van der Waals surface area contributed by atoms with Crippen molar-refractivity contribution < 1.29 is 14.7 Å². The molecule has 4 unspecified atom stereocenters. The first-order valence-electron chi connectivity index (χ1n) is 7.05. The van der Waals surface area contributed by atoms with Crippen molar-refractivity contribution in [1.82, 2.24) is 5.32 Å². The van der Waals surface area contributed by atoms with Gasteiger partial charge in [-0.1, -0.05) is 19.1 Å². The van der Waals surface area contributed by atoms with Crippen LogP contribution in [-0.4, -0.2) is 28.9 Å². The van der Waals surface area contributed by atoms with E-state index in [1.807, 2.05) is 13.0 Å². The first kappa shape index (κ1) is 14.3. The predicted molar refractivity (Wildman–Crippen MR) is 72.4 cm³/mol. The minimum absolute atomic E-state index is 0.0199. The highest BCUT2D eigenvalue weighted by Crippen LogP contribution is 2.43. The fourth-order valence-corrected chi connectivity index (χ4v) is 3.25. The van der Waals surface area contributed by atoms with Crippen LogP contribution in [0.5, 0.6) is 0 Å². The SMILES string of the molecule is CC(=O)C(C)C1NC(=O)C1(C)[C@@H](O)C1C=CCCC1. The highest BCUT2D eigenvalue weighted by Gasteiger charge is 2.59. The number of amides is 1. The number of carbonyl (C=O) groups excluding carboxylic acids is 2. The van der Waals surface area contributed by atoms with Gasteiger partial charge < -0.3 is 10.4 Å². The quantitative estimate of drug-likeness (QED) is 0.597. The Hall–Kier alpha value is -1.16. The van der Waals surface area contributed by atoms with Gasteiger partial charge in [0.2, 0.25) is 5.91 Å². The van der Waals surface area contributed by atoms with E-state index in [4.69, 9.17) is 0 Å². The molecule has 4 heteroatoms. The second kappa shape index (κ2) is 5.08. The van der Waals surface area contributed by atoms with Gasteiger partial charge in [-0.2, -0.15) is 0 Å². The monoisotopic (exact) mass is 265 g/mol. The molecule has 0 radical (unpaired) electrons. The molecule has 1 heterocycles. The molecule has 1 fully saturated rings. The molecule has 19 heavy (non-hydrogen) atoms. The lowest BCUT2D eigenvalue weighted by Crippen LogP contribution is -2.73. The van der Waals surface area contributed by atoms with Crippen LogP contribution in [0.4, 0.5) is 0 Å². The van der Waals surface area contributed by atoms with E-state index >= 15 is 0 Å². The molecular weight excluding hydrogens is 242 g/mol. The Bertz CT molecular complexity index is 418. The molecule has 0 aromatic rings. The molecule has 1 aliphatic heterocycles. The molecule has 106 valence electrons. The number of β-lactam (4-membered cyclic amide) rings is 1. The van der Waals surface area contributed by atoms with Crippen LogP contribution in [0.25, 0.3) is 0 Å². The summed E-state index contributed by atoms with van der Waals surface area (Å²) in [6.45, 7) is 5.12. The highest BCUT2D eigenvalue weighted by molar-refractivity contribution is 5.93. The van der Waals surface area contributed by atoms with Crippen molar-refractivity contribution in [3.05, 3.63) is 12.2 Å². The predicted octanol–water partition coefficient (Wildman–Crippen LogP) is 1.43. The summed E-state index contributed by atoms with van der Waals surface area (Å²) in [6, 6.07) is -0.261. The van der Waals surface area contributed by atoms with Crippen LogP contribution in [0.2, 0.25) is 0 Å². The van der Waals surface area contributed by atoms with E-state index in [0.29, 0.717) is 0 Å². The molecule has 1 saturated heterocycles. The summed E-state index contributed by atoms with van der Waals surface area (Å²) in [4.78, 5) is 23.5. The summed E-state index contributed by atoms with van der Waals surface area (Å²) in [7, 11) is 0. The fraction of sp³-hybridized carbons (Fsp3) is 0.733. The number of ketones is 1. The third-order valence-electron chi connectivity index (χ3n) is 4.87. The van der Waals surface area contributed by atoms with E-state index in [9.17, 15) is 14.7 Å². The van der Waals surface area contributed by atoms with Crippen molar-refractivity contribution in [2.45, 2.75) is 52.2 Å². The molecule has 1 amide bonds. The zero-order valence-electron chi connectivity index (χ0n) is 11.8. The van der Waals surface area contributed by atoms with Crippen LogP contribution >= 0.6 is 0 Å². The van der Waals surface area contributed by atoms with E-state index in [0.717, 1.165) is 19.3 Å². The van der Waals surface area contributed by atoms with Gasteiger partial charge in [0, 0.05) is 11.8 Å². The number of aliphatic hydroxyl groups is 1. The lowest BCUT2D eigenvalue weighted by Gasteiger charge is -2.52. The Labute approximate surface area is 114 Å². The molecular formula is C15H23NO3. The van der Waals surface area contributed by atoms with Crippen LogP contribution in [0.1, 0.15) is 40.0 Å². The maximum Gasteiger partial charge on any atom is 0.230 e. The molecule has 2 N–H and O–H groups in total. The Morgan fingerprint density at radius 3 is 2.74 bits per heavy atom. The van der Waals surface area contributed by atoms with Gasteiger partial charge in [0.05, 0.1) is 17.6 Å². The van der Waals surface area contributed by atoms with E-state index in [1.165, 1.54) is 6.92 Å². The Kier molecular flexibility index (Phi) is 3.81. The number of rotatable bonds is 4. The molecule has 0 aromatic carbocycles. The van der Waals surface area contributed by atoms with Gasteiger partial charge in [0.25, 0.3) is 0 Å². The number of allylic oxidation sites excluding steroid dienone is 1. The third kappa shape index (κ3) is 2.22. The topological polar surface area (TPSA) is 66.4 Å². The number of Topliss-reactive ketones (excluding diaryl/α,β-unsaturated/α-hetero) is 1. The number of carbonyl (C=O) groups is 2. The standard InChI is InChI=1S/C15H23NO3/c1-9(10(2)17)12-15(3,14(19)16-12)13(18)11-7-5-4-6-8-11/h5,7,9,11-13,18H,4,6,8H2,1-3H3,(H,16,19)/t9?,11?,12?,13-,15?/m0/s1. The molecule has 0 bridgehead atoms. The summed E-state index contributed by atoms with van der Waals surface area (Å²) in [5.74, 6) is -0.337. The van der Waals surface area contributed by atoms with Crippen LogP contribution in [-0.2, 0) is 9.59 Å². The Balaban J connectivity index is 2.19. The van der Waals surface area contributed by atoms with E-state index in [-0.39, 0.29) is 29.6 Å². The van der Waals surface area contributed by atoms with E-state index in [2.05, 4.69) is 11.4 Å². The summed E-state index contributed by atoms with van der Waals surface area (Å²) in [6.07, 6.45) is 6.36. The van der Waals surface area contributed by atoms with Crippen molar-refractivity contribution in [3.8, 4) is 0 Å². The molecule has 0 saturated carbocycles. The number of aliphatic hydroxyl groups excluding tert-OH is 1. The summed E-state index contributed by atoms with van der Waals surface area (Å²) >= 11 is 0. The fourth-order valence-electron chi connectivity index (χ4n) is 3.25. The first-order valence-corrected chi connectivity index (χ1v) is 7.05. The minimum atomic E-state index is -0.850. The molecule has 4 nitrogen and oxygen atoms in total. The van der Waals surface area contributed by atoms with Crippen LogP contribution < -0.4 is 5.32 Å². The summed E-state index contributed by atoms with van der Waals surface area (Å²) in [5, 5.41) is 13.4. The zero-order valence-corrected chi connectivity index (χ0v) is 11.8. The van der Waals surface area contributed by atoms with Crippen molar-refractivity contribution in [2.24, 2.45) is 17.3 Å². The third-order valence-corrected chi connectivity index (χ3v) is 4.87. The lowest BCUT2D eigenvalue weighted by molar-refractivity contribution is -0.163. The summed E-state index contributed by atoms with van der Waals surface area (Å²) in [5.41, 5.74) is -0.850. The van der Waals surface area contributed by atoms with E-state index < -0.39 is 11.5 Å². The molecule has 0 spiro atoms. The number of hydrogen-bond donors (Lipinski definition) is 2. The Morgan fingerprint density at radius 1 is 1.58 bits per heavy atom. The molecule has 2 aliphatic rings. The normalized spacial score (nSPS) is 37.2. The van der Waals surface area contributed by atoms with Crippen LogP contribution in [0, 0.1) is 17.3 Å². The van der Waals surface area contributed by atoms with Gasteiger partial charge in [-0.15, -0.1) is 0 Å². The lowest BCUT2D eigenvalue weighted by atomic mass is 9.61. The molecule has 1 aliphatic carbocycles. The average molecular weight is 265 g/mol. The largest absolute Gasteiger partial charge is 0.391 e. The van der Waals surface area contributed by atoms with Gasteiger partial charge in [-0.3, -0.25) is 9.59 Å². The molecule has 0 aromatic heterocycles. The number of nitrogens with one attached hydrogen (secondary N) is 1. The maximum atomic E-state index is 12.0. The average Bonchev–Trinajstić information content (AvgIpc) is 2.43. The van der Waals surface area contributed by atoms with Crippen molar-refractivity contribution in [1.29, 1.82) is 0 Å². The molecule has 2 rings (SSSR count). The first-order chi connectivity index (χ1) is 8.89. The van der Waals surface area contributed by atoms with Gasteiger partial charge in [-0.25, -0.2) is 0 Å². The number of hydrogen-bond acceptors (Lipinski definition) is 3. The van der Waals surface area contributed by atoms with E-state index in [1.54, 1.807) is 6.92 Å². The second-order valence-corrected chi connectivity index (χ2v) is 6.10. The molecule has 5 atom stereocenters. The van der Waals surface area contributed by atoms with Gasteiger partial charge in [-0.05, 0) is 33.1 Å². The zero-order chi connectivity index (χ0) is 14.2. The van der Waals surface area contributed by atoms with Crippen molar-refractivity contribution >= 4 is 11.7 Å². The second-order valence-electron chi connectivity index (χ2n) is 6.10. The van der Waals surface area contributed by atoms with Gasteiger partial charge >= 0.3 is 0 Å². The minimum Gasteiger partial charge on any atom is -0.391 e. The van der Waals surface area contributed by atoms with Gasteiger partial charge in [0.1, 0.15) is 5.78 Å². The maximum absolute atomic E-state index is 12.0. The van der Waals surface area contributed by atoms with Gasteiger partial charge in [0.15, 0.2) is 0 Å².